The molecule has 5 heteroatoms. The number of benzene rings is 2. The van der Waals surface area contributed by atoms with Crippen LogP contribution in [0.1, 0.15) is 0 Å². The molecule has 0 saturated carbocycles. The molecule has 0 bridgehead atoms. The molecule has 2 N–H and O–H groups in total. The maximum atomic E-state index is 10.2. The van der Waals surface area contributed by atoms with Gasteiger partial charge in [0.25, 0.3) is 0 Å². The van der Waals surface area contributed by atoms with Crippen LogP contribution in [0.15, 0.2) is 42.5 Å². The first-order chi connectivity index (χ1) is 11.7. The largest absolute Gasteiger partial charge is 0.491 e. The standard InChI is InChI=1S/C19H26N2O3/c22-12-11-20-7-9-21(10-8-20)14-18(23)15-24-19-6-5-16-3-1-2-4-17(16)13-19/h1-6,13,18,22-23H,7-12,14-15H2/t18-/m1/s1. The number of rotatable bonds is 7. The van der Waals surface area contributed by atoms with Gasteiger partial charge in [-0.05, 0) is 22.9 Å². The molecule has 1 aliphatic heterocycles. The lowest BCUT2D eigenvalue weighted by atomic mass is 10.1. The molecule has 0 unspecified atom stereocenters. The summed E-state index contributed by atoms with van der Waals surface area (Å²) in [6.45, 7) is 5.61. The fourth-order valence-corrected chi connectivity index (χ4v) is 3.14. The first kappa shape index (κ1) is 17.2. The Kier molecular flexibility index (Phi) is 6.04. The molecular formula is C19H26N2O3. The highest BCUT2D eigenvalue weighted by molar-refractivity contribution is 5.83. The lowest BCUT2D eigenvalue weighted by molar-refractivity contribution is 0.0429. The number of fused-ring (bicyclic) bond motifs is 1. The number of ether oxygens (including phenoxy) is 1. The van der Waals surface area contributed by atoms with Gasteiger partial charge in [0.2, 0.25) is 0 Å². The molecule has 1 atom stereocenters. The summed E-state index contributed by atoms with van der Waals surface area (Å²) in [5.41, 5.74) is 0. The summed E-state index contributed by atoms with van der Waals surface area (Å²) in [5, 5.41) is 21.5. The summed E-state index contributed by atoms with van der Waals surface area (Å²) in [5.74, 6) is 0.792. The summed E-state index contributed by atoms with van der Waals surface area (Å²) in [6, 6.07) is 14.2. The van der Waals surface area contributed by atoms with Crippen molar-refractivity contribution in [2.45, 2.75) is 6.10 Å². The van der Waals surface area contributed by atoms with E-state index in [9.17, 15) is 5.11 Å². The predicted octanol–water partition coefficient (Wildman–Crippen LogP) is 1.19. The van der Waals surface area contributed by atoms with Gasteiger partial charge >= 0.3 is 0 Å². The van der Waals surface area contributed by atoms with Crippen LogP contribution < -0.4 is 4.74 Å². The molecule has 24 heavy (non-hydrogen) atoms. The number of aliphatic hydroxyl groups is 2. The number of hydrogen-bond acceptors (Lipinski definition) is 5. The van der Waals surface area contributed by atoms with Crippen molar-refractivity contribution in [3.63, 3.8) is 0 Å². The van der Waals surface area contributed by atoms with Crippen molar-refractivity contribution in [3.8, 4) is 5.75 Å². The normalized spacial score (nSPS) is 17.9. The van der Waals surface area contributed by atoms with Crippen LogP contribution >= 0.6 is 0 Å². The Bertz CT molecular complexity index is 641. The molecule has 0 amide bonds. The van der Waals surface area contributed by atoms with Crippen molar-refractivity contribution in [1.82, 2.24) is 9.80 Å². The van der Waals surface area contributed by atoms with Gasteiger partial charge in [-0.15, -0.1) is 0 Å². The fraction of sp³-hybridized carbons (Fsp3) is 0.474. The zero-order valence-electron chi connectivity index (χ0n) is 14.0. The average Bonchev–Trinajstić information content (AvgIpc) is 2.62. The van der Waals surface area contributed by atoms with Crippen molar-refractivity contribution in [2.24, 2.45) is 0 Å². The third-order valence-electron chi connectivity index (χ3n) is 4.51. The maximum Gasteiger partial charge on any atom is 0.120 e. The Morgan fingerprint density at radius 2 is 1.67 bits per heavy atom. The van der Waals surface area contributed by atoms with Crippen LogP contribution in [-0.4, -0.2) is 78.6 Å². The molecule has 1 saturated heterocycles. The van der Waals surface area contributed by atoms with E-state index in [4.69, 9.17) is 9.84 Å². The number of hydrogen-bond donors (Lipinski definition) is 2. The molecule has 1 fully saturated rings. The van der Waals surface area contributed by atoms with E-state index in [1.165, 1.54) is 5.39 Å². The Morgan fingerprint density at radius 3 is 2.42 bits per heavy atom. The number of aliphatic hydroxyl groups excluding tert-OH is 2. The molecule has 1 heterocycles. The van der Waals surface area contributed by atoms with Crippen LogP contribution in [0.4, 0.5) is 0 Å². The highest BCUT2D eigenvalue weighted by atomic mass is 16.5. The van der Waals surface area contributed by atoms with Gasteiger partial charge in [-0.25, -0.2) is 0 Å². The molecule has 1 aliphatic rings. The van der Waals surface area contributed by atoms with Gasteiger partial charge in [0.1, 0.15) is 18.5 Å². The van der Waals surface area contributed by atoms with Crippen LogP contribution in [0.25, 0.3) is 10.8 Å². The Hall–Kier alpha value is -1.66. The van der Waals surface area contributed by atoms with Crippen molar-refractivity contribution in [1.29, 1.82) is 0 Å². The SMILES string of the molecule is OCCN1CCN(C[C@@H](O)COc2ccc3ccccc3c2)CC1. The molecule has 2 aromatic carbocycles. The second-order valence-electron chi connectivity index (χ2n) is 6.34. The summed E-state index contributed by atoms with van der Waals surface area (Å²) < 4.78 is 5.76. The smallest absolute Gasteiger partial charge is 0.120 e. The van der Waals surface area contributed by atoms with Gasteiger partial charge in [-0.3, -0.25) is 9.80 Å². The molecular weight excluding hydrogens is 304 g/mol. The molecule has 0 aromatic heterocycles. The van der Waals surface area contributed by atoms with E-state index in [0.29, 0.717) is 13.2 Å². The average molecular weight is 330 g/mol. The van der Waals surface area contributed by atoms with Crippen LogP contribution in [-0.2, 0) is 0 Å². The third-order valence-corrected chi connectivity index (χ3v) is 4.51. The number of piperazine rings is 1. The Labute approximate surface area is 143 Å². The molecule has 3 rings (SSSR count). The summed E-state index contributed by atoms with van der Waals surface area (Å²) in [6.07, 6.45) is -0.499. The van der Waals surface area contributed by atoms with Gasteiger partial charge in [-0.2, -0.15) is 0 Å². The van der Waals surface area contributed by atoms with Crippen molar-refractivity contribution >= 4 is 10.8 Å². The van der Waals surface area contributed by atoms with Crippen LogP contribution in [0.2, 0.25) is 0 Å². The monoisotopic (exact) mass is 330 g/mol. The van der Waals surface area contributed by atoms with Gasteiger partial charge in [0, 0.05) is 39.3 Å². The lowest BCUT2D eigenvalue weighted by Gasteiger charge is -2.35. The highest BCUT2D eigenvalue weighted by Gasteiger charge is 2.19. The predicted molar refractivity (Wildman–Crippen MR) is 95.4 cm³/mol. The summed E-state index contributed by atoms with van der Waals surface area (Å²) >= 11 is 0. The zero-order chi connectivity index (χ0) is 16.8. The molecule has 0 aliphatic carbocycles. The fourth-order valence-electron chi connectivity index (χ4n) is 3.14. The molecule has 5 nitrogen and oxygen atoms in total. The first-order valence-electron chi connectivity index (χ1n) is 8.60. The first-order valence-corrected chi connectivity index (χ1v) is 8.60. The van der Waals surface area contributed by atoms with E-state index in [1.54, 1.807) is 0 Å². The van der Waals surface area contributed by atoms with Crippen molar-refractivity contribution < 1.29 is 14.9 Å². The van der Waals surface area contributed by atoms with Crippen molar-refractivity contribution in [3.05, 3.63) is 42.5 Å². The minimum Gasteiger partial charge on any atom is -0.491 e. The molecule has 130 valence electrons. The quantitative estimate of drug-likeness (QED) is 0.799. The second-order valence-corrected chi connectivity index (χ2v) is 6.34. The molecule has 2 aromatic rings. The Morgan fingerprint density at radius 1 is 0.958 bits per heavy atom. The second kappa shape index (κ2) is 8.44. The molecule has 0 spiro atoms. The van der Waals surface area contributed by atoms with E-state index in [2.05, 4.69) is 21.9 Å². The van der Waals surface area contributed by atoms with E-state index in [0.717, 1.165) is 43.9 Å². The highest BCUT2D eigenvalue weighted by Crippen LogP contribution is 2.20. The number of β-amino-alcohol motifs (C(OH)–C–C–N with tert-alkyl or cyclic N) is 2. The molecule has 0 radical (unpaired) electrons. The summed E-state index contributed by atoms with van der Waals surface area (Å²) in [7, 11) is 0. The van der Waals surface area contributed by atoms with Crippen molar-refractivity contribution in [2.75, 3.05) is 52.5 Å². The topological polar surface area (TPSA) is 56.2 Å². The maximum absolute atomic E-state index is 10.2. The van der Waals surface area contributed by atoms with E-state index < -0.39 is 6.10 Å². The lowest BCUT2D eigenvalue weighted by Crippen LogP contribution is -2.49. The van der Waals surface area contributed by atoms with Gasteiger partial charge in [-0.1, -0.05) is 30.3 Å². The van der Waals surface area contributed by atoms with Crippen LogP contribution in [0.3, 0.4) is 0 Å². The minimum atomic E-state index is -0.499. The van der Waals surface area contributed by atoms with E-state index in [1.807, 2.05) is 30.3 Å². The minimum absolute atomic E-state index is 0.211. The van der Waals surface area contributed by atoms with E-state index >= 15 is 0 Å². The van der Waals surface area contributed by atoms with Gasteiger partial charge in [0.15, 0.2) is 0 Å². The zero-order valence-corrected chi connectivity index (χ0v) is 14.0. The number of nitrogens with zero attached hydrogens (tertiary/aromatic N) is 2. The van der Waals surface area contributed by atoms with Crippen LogP contribution in [0, 0.1) is 0 Å². The summed E-state index contributed by atoms with van der Waals surface area (Å²) in [4.78, 5) is 4.50. The van der Waals surface area contributed by atoms with Gasteiger partial charge < -0.3 is 14.9 Å². The third kappa shape index (κ3) is 4.68. The van der Waals surface area contributed by atoms with Crippen LogP contribution in [0.5, 0.6) is 5.75 Å². The van der Waals surface area contributed by atoms with E-state index in [-0.39, 0.29) is 6.61 Å². The Balaban J connectivity index is 1.44. The van der Waals surface area contributed by atoms with Gasteiger partial charge in [0.05, 0.1) is 6.61 Å².